The number of nitrogens with zero attached hydrogens (tertiary/aromatic N) is 1. The van der Waals surface area contributed by atoms with Crippen molar-refractivity contribution < 1.29 is 14.8 Å². The molecule has 5 heteroatoms. The highest BCUT2D eigenvalue weighted by Gasteiger charge is 2.13. The molecule has 0 aromatic carbocycles. The summed E-state index contributed by atoms with van der Waals surface area (Å²) in [5.74, 6) is -1.81. The maximum absolute atomic E-state index is 10.4. The van der Waals surface area contributed by atoms with Crippen molar-refractivity contribution >= 4 is 11.8 Å². The molecule has 0 aliphatic rings. The fourth-order valence-corrected chi connectivity index (χ4v) is 0.251. The van der Waals surface area contributed by atoms with Gasteiger partial charge in [0.2, 0.25) is 0 Å². The zero-order valence-electron chi connectivity index (χ0n) is 5.21. The molecular weight excluding hydrogens is 124 g/mol. The van der Waals surface area contributed by atoms with Crippen molar-refractivity contribution in [3.63, 3.8) is 0 Å². The largest absolute Gasteiger partial charge is 0.341 e. The zero-order valence-corrected chi connectivity index (χ0v) is 5.21. The molecule has 2 amide bonds. The molecule has 0 aliphatic carbocycles. The van der Waals surface area contributed by atoms with Gasteiger partial charge < -0.3 is 4.90 Å². The molecule has 2 N–H and O–H groups in total. The number of nitrogens with one attached hydrogen (secondary N) is 1. The van der Waals surface area contributed by atoms with Crippen molar-refractivity contribution in [3.05, 3.63) is 0 Å². The van der Waals surface area contributed by atoms with E-state index in [1.54, 1.807) is 0 Å². The van der Waals surface area contributed by atoms with Crippen LogP contribution in [0.15, 0.2) is 0 Å². The molecule has 0 rings (SSSR count). The van der Waals surface area contributed by atoms with E-state index in [4.69, 9.17) is 5.21 Å². The van der Waals surface area contributed by atoms with Gasteiger partial charge in [0, 0.05) is 14.1 Å². The summed E-state index contributed by atoms with van der Waals surface area (Å²) in [5.41, 5.74) is 1.22. The first-order valence-electron chi connectivity index (χ1n) is 2.25. The Labute approximate surface area is 52.2 Å². The molecule has 9 heavy (non-hydrogen) atoms. The lowest BCUT2D eigenvalue weighted by Crippen LogP contribution is -2.37. The average Bonchev–Trinajstić information content (AvgIpc) is 1.84. The highest BCUT2D eigenvalue weighted by molar-refractivity contribution is 6.34. The summed E-state index contributed by atoms with van der Waals surface area (Å²) in [6.07, 6.45) is 0. The second-order valence-corrected chi connectivity index (χ2v) is 1.64. The molecule has 0 radical (unpaired) electrons. The van der Waals surface area contributed by atoms with Gasteiger partial charge in [0.05, 0.1) is 0 Å². The third kappa shape index (κ3) is 2.09. The van der Waals surface area contributed by atoms with Crippen LogP contribution >= 0.6 is 0 Å². The van der Waals surface area contributed by atoms with E-state index in [0.29, 0.717) is 0 Å². The van der Waals surface area contributed by atoms with Crippen LogP contribution in [0.1, 0.15) is 0 Å². The van der Waals surface area contributed by atoms with Crippen molar-refractivity contribution in [1.82, 2.24) is 10.4 Å². The summed E-state index contributed by atoms with van der Waals surface area (Å²) in [7, 11) is 2.83. The summed E-state index contributed by atoms with van der Waals surface area (Å²) in [6.45, 7) is 0. The van der Waals surface area contributed by atoms with Crippen LogP contribution in [0.5, 0.6) is 0 Å². The van der Waals surface area contributed by atoms with Crippen LogP contribution < -0.4 is 5.48 Å². The molecule has 0 bridgehead atoms. The van der Waals surface area contributed by atoms with E-state index >= 15 is 0 Å². The van der Waals surface area contributed by atoms with E-state index in [9.17, 15) is 9.59 Å². The monoisotopic (exact) mass is 132 g/mol. The first kappa shape index (κ1) is 7.90. The van der Waals surface area contributed by atoms with Crippen molar-refractivity contribution in [1.29, 1.82) is 0 Å². The number of hydrogen-bond acceptors (Lipinski definition) is 3. The van der Waals surface area contributed by atoms with E-state index < -0.39 is 11.8 Å². The van der Waals surface area contributed by atoms with Gasteiger partial charge >= 0.3 is 11.8 Å². The van der Waals surface area contributed by atoms with Gasteiger partial charge in [-0.1, -0.05) is 0 Å². The van der Waals surface area contributed by atoms with Gasteiger partial charge in [0.15, 0.2) is 0 Å². The predicted octanol–water partition coefficient (Wildman–Crippen LogP) is -1.42. The predicted molar refractivity (Wildman–Crippen MR) is 28.6 cm³/mol. The molecule has 5 nitrogen and oxygen atoms in total. The highest BCUT2D eigenvalue weighted by Crippen LogP contribution is 1.75. The normalized spacial score (nSPS) is 8.33. The van der Waals surface area contributed by atoms with E-state index in [0.717, 1.165) is 4.90 Å². The van der Waals surface area contributed by atoms with Crippen molar-refractivity contribution in [2.75, 3.05) is 14.1 Å². The minimum atomic E-state index is -1.03. The van der Waals surface area contributed by atoms with Gasteiger partial charge in [-0.05, 0) is 0 Å². The second-order valence-electron chi connectivity index (χ2n) is 1.64. The summed E-state index contributed by atoms with van der Waals surface area (Å²) in [4.78, 5) is 21.7. The molecule has 0 atom stereocenters. The Morgan fingerprint density at radius 1 is 1.44 bits per heavy atom. The first-order chi connectivity index (χ1) is 4.09. The molecule has 0 unspecified atom stereocenters. The van der Waals surface area contributed by atoms with Crippen molar-refractivity contribution in [2.45, 2.75) is 0 Å². The molecule has 0 fully saturated rings. The average molecular weight is 132 g/mol. The third-order valence-electron chi connectivity index (χ3n) is 0.702. The van der Waals surface area contributed by atoms with Gasteiger partial charge in [-0.3, -0.25) is 14.8 Å². The summed E-state index contributed by atoms with van der Waals surface area (Å²) >= 11 is 0. The van der Waals surface area contributed by atoms with Gasteiger partial charge in [-0.25, -0.2) is 5.48 Å². The third-order valence-corrected chi connectivity index (χ3v) is 0.702. The summed E-state index contributed by atoms with van der Waals surface area (Å²) < 4.78 is 0. The van der Waals surface area contributed by atoms with E-state index in [2.05, 4.69) is 0 Å². The Morgan fingerprint density at radius 2 is 1.89 bits per heavy atom. The smallest absolute Gasteiger partial charge is 0.332 e. The Kier molecular flexibility index (Phi) is 2.66. The topological polar surface area (TPSA) is 69.6 Å². The summed E-state index contributed by atoms with van der Waals surface area (Å²) in [5, 5.41) is 7.91. The van der Waals surface area contributed by atoms with Crippen LogP contribution in [0.4, 0.5) is 0 Å². The number of rotatable bonds is 0. The van der Waals surface area contributed by atoms with Gasteiger partial charge in [0.25, 0.3) is 0 Å². The fraction of sp³-hybridized carbons (Fsp3) is 0.500. The van der Waals surface area contributed by atoms with Crippen LogP contribution in [0, 0.1) is 0 Å². The number of hydroxylamine groups is 1. The van der Waals surface area contributed by atoms with Crippen molar-refractivity contribution in [2.24, 2.45) is 0 Å². The Hall–Kier alpha value is -1.10. The molecule has 52 valence electrons. The Bertz CT molecular complexity index is 132. The molecule has 0 aromatic heterocycles. The van der Waals surface area contributed by atoms with Crippen molar-refractivity contribution in [3.8, 4) is 0 Å². The van der Waals surface area contributed by atoms with E-state index in [-0.39, 0.29) is 0 Å². The second kappa shape index (κ2) is 3.03. The van der Waals surface area contributed by atoms with Gasteiger partial charge in [-0.15, -0.1) is 0 Å². The lowest BCUT2D eigenvalue weighted by molar-refractivity contribution is -0.148. The number of likely N-dealkylation sites (N-methyl/N-ethyl adjacent to an activating group) is 1. The lowest BCUT2D eigenvalue weighted by atomic mass is 10.5. The minimum absolute atomic E-state index is 0.780. The molecule has 0 spiro atoms. The van der Waals surface area contributed by atoms with E-state index in [1.165, 1.54) is 19.6 Å². The number of amides is 2. The van der Waals surface area contributed by atoms with Crippen LogP contribution in [-0.2, 0) is 9.59 Å². The first-order valence-corrected chi connectivity index (χ1v) is 2.25. The zero-order chi connectivity index (χ0) is 7.44. The van der Waals surface area contributed by atoms with E-state index in [1.807, 2.05) is 0 Å². The number of carbonyl (C=O) groups is 2. The molecule has 0 aliphatic heterocycles. The lowest BCUT2D eigenvalue weighted by Gasteiger charge is -2.06. The molecule has 0 saturated carbocycles. The van der Waals surface area contributed by atoms with Crippen LogP contribution in [-0.4, -0.2) is 36.0 Å². The molecular formula is C4H8N2O3. The standard InChI is InChI=1S/C4H8N2O3/c1-6(2)4(8)3(7)5-9/h9H,1-2H3,(H,5,7). The van der Waals surface area contributed by atoms with Gasteiger partial charge in [0.1, 0.15) is 0 Å². The summed E-state index contributed by atoms with van der Waals surface area (Å²) in [6, 6.07) is 0. The Morgan fingerprint density at radius 3 is 2.00 bits per heavy atom. The quantitative estimate of drug-likeness (QED) is 0.241. The fourth-order valence-electron chi connectivity index (χ4n) is 0.251. The Balaban J connectivity index is 3.89. The SMILES string of the molecule is CN(C)C(=O)C(=O)NO. The highest BCUT2D eigenvalue weighted by atomic mass is 16.5. The maximum Gasteiger partial charge on any atom is 0.332 e. The van der Waals surface area contributed by atoms with Crippen LogP contribution in [0.25, 0.3) is 0 Å². The molecule has 0 heterocycles. The number of hydrogen-bond donors (Lipinski definition) is 2. The maximum atomic E-state index is 10.4. The molecule has 0 aromatic rings. The van der Waals surface area contributed by atoms with Crippen LogP contribution in [0.3, 0.4) is 0 Å². The number of carbonyl (C=O) groups excluding carboxylic acids is 2. The molecule has 0 saturated heterocycles. The van der Waals surface area contributed by atoms with Crippen LogP contribution in [0.2, 0.25) is 0 Å². The minimum Gasteiger partial charge on any atom is -0.341 e. The van der Waals surface area contributed by atoms with Gasteiger partial charge in [-0.2, -0.15) is 0 Å².